The Morgan fingerprint density at radius 2 is 0.710 bits per heavy atom. The molecule has 186 valence electrons. The van der Waals surface area contributed by atoms with E-state index in [9.17, 15) is 4.79 Å². The first-order valence-electron chi connectivity index (χ1n) is 11.0. The van der Waals surface area contributed by atoms with Crippen molar-refractivity contribution in [2.75, 3.05) is 113 Å². The van der Waals surface area contributed by atoms with Crippen LogP contribution < -0.4 is 0 Å². The molecule has 0 fully saturated rings. The second-order valence-corrected chi connectivity index (χ2v) is 6.23. The molecule has 0 aromatic rings. The van der Waals surface area contributed by atoms with Gasteiger partial charge in [-0.1, -0.05) is 6.92 Å². The van der Waals surface area contributed by atoms with Crippen LogP contribution in [0.4, 0.5) is 0 Å². The third kappa shape index (κ3) is 27.1. The lowest BCUT2D eigenvalue weighted by Crippen LogP contribution is -2.15. The van der Waals surface area contributed by atoms with Crippen LogP contribution in [0.2, 0.25) is 0 Å². The fraction of sp³-hybridized carbons (Fsp3) is 0.952. The zero-order chi connectivity index (χ0) is 22.7. The van der Waals surface area contributed by atoms with E-state index >= 15 is 0 Å². The number of hydrogen-bond donors (Lipinski definition) is 0. The molecule has 31 heavy (non-hydrogen) atoms. The maximum Gasteiger partial charge on any atom is 0.307 e. The number of carbonyl (C=O) groups excluding carboxylic acids is 1. The summed E-state index contributed by atoms with van der Waals surface area (Å²) in [6.45, 7) is 10.5. The maximum atomic E-state index is 10.9. The van der Waals surface area contributed by atoms with Gasteiger partial charge in [-0.3, -0.25) is 4.79 Å². The maximum absolute atomic E-state index is 10.9. The molecule has 0 aromatic carbocycles. The molecule has 0 saturated carbocycles. The van der Waals surface area contributed by atoms with E-state index in [1.165, 1.54) is 7.11 Å². The first-order valence-corrected chi connectivity index (χ1v) is 11.0. The van der Waals surface area contributed by atoms with E-state index < -0.39 is 0 Å². The van der Waals surface area contributed by atoms with E-state index in [-0.39, 0.29) is 12.4 Å². The molecule has 10 nitrogen and oxygen atoms in total. The summed E-state index contributed by atoms with van der Waals surface area (Å²) >= 11 is 0. The van der Waals surface area contributed by atoms with Gasteiger partial charge in [0.2, 0.25) is 0 Å². The number of methoxy groups -OCH3 is 1. The van der Waals surface area contributed by atoms with Gasteiger partial charge in [-0.25, -0.2) is 0 Å². The summed E-state index contributed by atoms with van der Waals surface area (Å²) in [5.41, 5.74) is 0. The molecule has 10 heteroatoms. The van der Waals surface area contributed by atoms with E-state index in [1.54, 1.807) is 0 Å². The summed E-state index contributed by atoms with van der Waals surface area (Å²) in [4.78, 5) is 10.9. The van der Waals surface area contributed by atoms with Crippen molar-refractivity contribution in [3.63, 3.8) is 0 Å². The van der Waals surface area contributed by atoms with Crippen LogP contribution in [0.25, 0.3) is 0 Å². The van der Waals surface area contributed by atoms with Crippen molar-refractivity contribution in [2.24, 2.45) is 0 Å². The summed E-state index contributed by atoms with van der Waals surface area (Å²) in [6, 6.07) is 0. The van der Waals surface area contributed by atoms with Gasteiger partial charge in [0, 0.05) is 6.61 Å². The standard InChI is InChI=1S/C21H42O10/c1-3-5-24-7-9-26-11-13-28-15-17-30-19-20-31-18-16-29-14-12-27-10-8-25-6-4-21(22)23-2/h3-20H2,1-2H3. The predicted molar refractivity (Wildman–Crippen MR) is 113 cm³/mol. The number of ether oxygens (including phenoxy) is 9. The molecular formula is C21H42O10. The molecule has 0 spiro atoms. The van der Waals surface area contributed by atoms with Gasteiger partial charge in [0.1, 0.15) is 0 Å². The van der Waals surface area contributed by atoms with Crippen molar-refractivity contribution < 1.29 is 47.4 Å². The SMILES string of the molecule is CCCOCCOCCOCCOCCOCCOCCOCCOCCC(=O)OC. The van der Waals surface area contributed by atoms with Crippen LogP contribution in [0.1, 0.15) is 19.8 Å². The molecule has 0 aliphatic rings. The first-order chi connectivity index (χ1) is 15.3. The normalized spacial score (nSPS) is 11.2. The predicted octanol–water partition coefficient (Wildman–Crippen LogP) is 1.09. The van der Waals surface area contributed by atoms with Gasteiger partial charge >= 0.3 is 5.97 Å². The van der Waals surface area contributed by atoms with Crippen molar-refractivity contribution >= 4 is 5.97 Å². The zero-order valence-corrected chi connectivity index (χ0v) is 19.3. The molecule has 0 N–H and O–H groups in total. The third-order valence-corrected chi connectivity index (χ3v) is 3.63. The minimum absolute atomic E-state index is 0.254. The highest BCUT2D eigenvalue weighted by Crippen LogP contribution is 1.88. The largest absolute Gasteiger partial charge is 0.469 e. The molecule has 0 saturated heterocycles. The average Bonchev–Trinajstić information content (AvgIpc) is 2.78. The Morgan fingerprint density at radius 3 is 0.968 bits per heavy atom. The van der Waals surface area contributed by atoms with Gasteiger partial charge in [-0.15, -0.1) is 0 Å². The van der Waals surface area contributed by atoms with E-state index in [0.29, 0.717) is 99.1 Å². The van der Waals surface area contributed by atoms with Crippen molar-refractivity contribution in [3.8, 4) is 0 Å². The van der Waals surface area contributed by atoms with E-state index in [1.807, 2.05) is 0 Å². The Kier molecular flexibility index (Phi) is 26.4. The monoisotopic (exact) mass is 454 g/mol. The van der Waals surface area contributed by atoms with E-state index in [4.69, 9.17) is 37.9 Å². The summed E-state index contributed by atoms with van der Waals surface area (Å²) in [5.74, 6) is -0.279. The van der Waals surface area contributed by atoms with Crippen LogP contribution >= 0.6 is 0 Å². The van der Waals surface area contributed by atoms with Crippen LogP contribution in [-0.2, 0) is 47.4 Å². The number of carbonyl (C=O) groups is 1. The van der Waals surface area contributed by atoms with Gasteiger partial charge in [0.15, 0.2) is 0 Å². The Hall–Kier alpha value is -0.850. The molecule has 0 atom stereocenters. The topological polar surface area (TPSA) is 100 Å². The lowest BCUT2D eigenvalue weighted by molar-refractivity contribution is -0.141. The Morgan fingerprint density at radius 1 is 0.452 bits per heavy atom. The average molecular weight is 455 g/mol. The molecule has 0 amide bonds. The zero-order valence-electron chi connectivity index (χ0n) is 19.3. The highest BCUT2D eigenvalue weighted by molar-refractivity contribution is 5.69. The number of hydrogen-bond acceptors (Lipinski definition) is 10. The molecule has 0 heterocycles. The van der Waals surface area contributed by atoms with E-state index in [0.717, 1.165) is 13.0 Å². The molecule has 0 radical (unpaired) electrons. The van der Waals surface area contributed by atoms with Gasteiger partial charge in [0.05, 0.1) is 113 Å². The Labute approximate surface area is 186 Å². The van der Waals surface area contributed by atoms with Crippen molar-refractivity contribution in [3.05, 3.63) is 0 Å². The number of rotatable bonds is 26. The van der Waals surface area contributed by atoms with Crippen LogP contribution in [0.5, 0.6) is 0 Å². The molecule has 0 bridgehead atoms. The highest BCUT2D eigenvalue weighted by atomic mass is 16.6. The summed E-state index contributed by atoms with van der Waals surface area (Å²) in [5, 5.41) is 0. The van der Waals surface area contributed by atoms with E-state index in [2.05, 4.69) is 11.7 Å². The lowest BCUT2D eigenvalue weighted by atomic mass is 10.5. The summed E-state index contributed by atoms with van der Waals surface area (Å²) in [6.07, 6.45) is 1.28. The van der Waals surface area contributed by atoms with Crippen molar-refractivity contribution in [1.29, 1.82) is 0 Å². The van der Waals surface area contributed by atoms with Crippen molar-refractivity contribution in [1.82, 2.24) is 0 Å². The minimum Gasteiger partial charge on any atom is -0.469 e. The van der Waals surface area contributed by atoms with Crippen molar-refractivity contribution in [2.45, 2.75) is 19.8 Å². The van der Waals surface area contributed by atoms with Gasteiger partial charge in [-0.2, -0.15) is 0 Å². The van der Waals surface area contributed by atoms with Crippen LogP contribution in [-0.4, -0.2) is 119 Å². The molecular weight excluding hydrogens is 412 g/mol. The fourth-order valence-electron chi connectivity index (χ4n) is 2.04. The molecule has 0 aliphatic heterocycles. The molecule has 0 aromatic heterocycles. The summed E-state index contributed by atoms with van der Waals surface area (Å²) in [7, 11) is 1.35. The first kappa shape index (κ1) is 30.1. The number of esters is 1. The van der Waals surface area contributed by atoms with Gasteiger partial charge in [0.25, 0.3) is 0 Å². The minimum atomic E-state index is -0.279. The third-order valence-electron chi connectivity index (χ3n) is 3.63. The smallest absolute Gasteiger partial charge is 0.307 e. The second-order valence-electron chi connectivity index (χ2n) is 6.23. The van der Waals surface area contributed by atoms with Gasteiger partial charge < -0.3 is 42.6 Å². The molecule has 0 unspecified atom stereocenters. The Bertz CT molecular complexity index is 357. The van der Waals surface area contributed by atoms with Crippen LogP contribution in [0, 0.1) is 0 Å². The van der Waals surface area contributed by atoms with Crippen LogP contribution in [0.15, 0.2) is 0 Å². The molecule has 0 rings (SSSR count). The van der Waals surface area contributed by atoms with Crippen LogP contribution in [0.3, 0.4) is 0 Å². The molecule has 0 aliphatic carbocycles. The lowest BCUT2D eigenvalue weighted by Gasteiger charge is -2.08. The second kappa shape index (κ2) is 27.2. The van der Waals surface area contributed by atoms with Gasteiger partial charge in [-0.05, 0) is 6.42 Å². The highest BCUT2D eigenvalue weighted by Gasteiger charge is 1.99. The quantitative estimate of drug-likeness (QED) is 0.139. The summed E-state index contributed by atoms with van der Waals surface area (Å²) < 4.78 is 47.4. The fourth-order valence-corrected chi connectivity index (χ4v) is 2.04. The Balaban J connectivity index is 3.01.